The number of piperidine rings is 1. The van der Waals surface area contributed by atoms with Crippen LogP contribution >= 0.6 is 11.3 Å². The van der Waals surface area contributed by atoms with Crippen molar-refractivity contribution in [2.24, 2.45) is 5.92 Å². The number of aromatic amines is 1. The van der Waals surface area contributed by atoms with E-state index in [1.165, 1.54) is 25.1 Å². The van der Waals surface area contributed by atoms with E-state index in [1.54, 1.807) is 11.3 Å². The van der Waals surface area contributed by atoms with Crippen molar-refractivity contribution in [1.82, 2.24) is 19.9 Å². The molecular formula is C17H20N4S. The van der Waals surface area contributed by atoms with Crippen LogP contribution in [0.1, 0.15) is 24.4 Å². The molecule has 1 aromatic carbocycles. The van der Waals surface area contributed by atoms with E-state index in [0.29, 0.717) is 5.92 Å². The average Bonchev–Trinajstić information content (AvgIpc) is 3.16. The second-order valence-corrected chi connectivity index (χ2v) is 6.85. The lowest BCUT2D eigenvalue weighted by molar-refractivity contribution is 0.164. The van der Waals surface area contributed by atoms with Gasteiger partial charge >= 0.3 is 0 Å². The molecule has 1 saturated heterocycles. The fourth-order valence-corrected chi connectivity index (χ4v) is 3.93. The molecule has 3 heterocycles. The maximum Gasteiger partial charge on any atom is 0.107 e. The van der Waals surface area contributed by atoms with Crippen molar-refractivity contribution in [2.75, 3.05) is 13.1 Å². The van der Waals surface area contributed by atoms with Crippen molar-refractivity contribution in [3.8, 4) is 0 Å². The Kier molecular flexibility index (Phi) is 3.91. The topological polar surface area (TPSA) is 44.8 Å². The fraction of sp³-hybridized carbons (Fsp3) is 0.412. The number of nitrogens with one attached hydrogen (secondary N) is 1. The molecule has 1 N–H and O–H groups in total. The van der Waals surface area contributed by atoms with Crippen LogP contribution in [0.25, 0.3) is 11.0 Å². The molecule has 1 aliphatic heterocycles. The third-order valence-electron chi connectivity index (χ3n) is 4.39. The van der Waals surface area contributed by atoms with Crippen LogP contribution in [0, 0.1) is 5.92 Å². The smallest absolute Gasteiger partial charge is 0.107 e. The Hall–Kier alpha value is -1.72. The predicted octanol–water partition coefficient (Wildman–Crippen LogP) is 3.47. The van der Waals surface area contributed by atoms with Crippen molar-refractivity contribution in [1.29, 1.82) is 0 Å². The Morgan fingerprint density at radius 1 is 1.32 bits per heavy atom. The Bertz CT molecular complexity index is 701. The van der Waals surface area contributed by atoms with Crippen molar-refractivity contribution < 1.29 is 0 Å². The van der Waals surface area contributed by atoms with Crippen molar-refractivity contribution in [3.63, 3.8) is 0 Å². The van der Waals surface area contributed by atoms with Gasteiger partial charge in [0.05, 0.1) is 22.2 Å². The van der Waals surface area contributed by atoms with Crippen LogP contribution in [-0.4, -0.2) is 32.9 Å². The minimum atomic E-state index is 0.688. The van der Waals surface area contributed by atoms with E-state index >= 15 is 0 Å². The van der Waals surface area contributed by atoms with Gasteiger partial charge < -0.3 is 4.98 Å². The first-order valence-corrected chi connectivity index (χ1v) is 8.84. The van der Waals surface area contributed by atoms with Gasteiger partial charge in [-0.2, -0.15) is 0 Å². The van der Waals surface area contributed by atoms with E-state index in [4.69, 9.17) is 4.98 Å². The number of rotatable bonds is 4. The van der Waals surface area contributed by atoms with Gasteiger partial charge in [-0.25, -0.2) is 9.97 Å². The summed E-state index contributed by atoms with van der Waals surface area (Å²) in [7, 11) is 0. The van der Waals surface area contributed by atoms with Crippen molar-refractivity contribution >= 4 is 22.4 Å². The summed E-state index contributed by atoms with van der Waals surface area (Å²) in [6.45, 7) is 3.32. The van der Waals surface area contributed by atoms with Crippen LogP contribution in [0.15, 0.2) is 35.2 Å². The molecule has 1 unspecified atom stereocenters. The van der Waals surface area contributed by atoms with E-state index in [-0.39, 0.29) is 0 Å². The summed E-state index contributed by atoms with van der Waals surface area (Å²) in [4.78, 5) is 15.1. The van der Waals surface area contributed by atoms with Crippen LogP contribution in [0.3, 0.4) is 0 Å². The molecule has 2 aromatic heterocycles. The molecule has 114 valence electrons. The van der Waals surface area contributed by atoms with Gasteiger partial charge in [0.1, 0.15) is 5.82 Å². The van der Waals surface area contributed by atoms with Gasteiger partial charge in [-0.05, 0) is 37.4 Å². The molecule has 22 heavy (non-hydrogen) atoms. The van der Waals surface area contributed by atoms with Crippen LogP contribution in [-0.2, 0) is 13.0 Å². The third kappa shape index (κ3) is 3.05. The molecule has 1 fully saturated rings. The highest BCUT2D eigenvalue weighted by Crippen LogP contribution is 2.22. The Morgan fingerprint density at radius 3 is 3.14 bits per heavy atom. The van der Waals surface area contributed by atoms with Gasteiger partial charge in [0.25, 0.3) is 0 Å². The number of hydrogen-bond donors (Lipinski definition) is 1. The monoisotopic (exact) mass is 312 g/mol. The number of fused-ring (bicyclic) bond motifs is 1. The normalized spacial score (nSPS) is 19.7. The van der Waals surface area contributed by atoms with Gasteiger partial charge in [-0.1, -0.05) is 12.1 Å². The number of thiazole rings is 1. The number of hydrogen-bond acceptors (Lipinski definition) is 4. The Balaban J connectivity index is 1.41. The second-order valence-electron chi connectivity index (χ2n) is 6.13. The van der Waals surface area contributed by atoms with E-state index in [2.05, 4.69) is 38.4 Å². The highest BCUT2D eigenvalue weighted by atomic mass is 32.1. The van der Waals surface area contributed by atoms with Crippen LogP contribution in [0.2, 0.25) is 0 Å². The first-order chi connectivity index (χ1) is 10.9. The first-order valence-electron chi connectivity index (χ1n) is 7.90. The lowest BCUT2D eigenvalue weighted by Gasteiger charge is -2.31. The molecular weight excluding hydrogens is 292 g/mol. The molecule has 0 saturated carbocycles. The van der Waals surface area contributed by atoms with Gasteiger partial charge in [-0.15, -0.1) is 11.3 Å². The van der Waals surface area contributed by atoms with Gasteiger partial charge in [-0.3, -0.25) is 4.90 Å². The molecule has 0 radical (unpaired) electrons. The minimum Gasteiger partial charge on any atom is -0.342 e. The second kappa shape index (κ2) is 6.18. The molecule has 4 rings (SSSR count). The largest absolute Gasteiger partial charge is 0.342 e. The molecule has 0 spiro atoms. The number of aromatic nitrogens is 3. The molecule has 1 atom stereocenters. The summed E-state index contributed by atoms with van der Waals surface area (Å²) in [5.74, 6) is 1.81. The van der Waals surface area contributed by atoms with Gasteiger partial charge in [0, 0.05) is 24.9 Å². The molecule has 3 aromatic rings. The van der Waals surface area contributed by atoms with Gasteiger partial charge in [0.2, 0.25) is 0 Å². The number of likely N-dealkylation sites (tertiary alicyclic amines) is 1. The SMILES string of the molecule is c1ccc2[nH]c(CC3CCCN(Cc4cscn4)C3)nc2c1. The van der Waals surface area contributed by atoms with Crippen LogP contribution in [0.4, 0.5) is 0 Å². The average molecular weight is 312 g/mol. The van der Waals surface area contributed by atoms with E-state index in [0.717, 1.165) is 36.4 Å². The van der Waals surface area contributed by atoms with Crippen LogP contribution < -0.4 is 0 Å². The lowest BCUT2D eigenvalue weighted by atomic mass is 9.94. The quantitative estimate of drug-likeness (QED) is 0.802. The molecule has 0 amide bonds. The van der Waals surface area contributed by atoms with E-state index in [9.17, 15) is 0 Å². The van der Waals surface area contributed by atoms with Crippen molar-refractivity contribution in [2.45, 2.75) is 25.8 Å². The maximum absolute atomic E-state index is 4.72. The fourth-order valence-electron chi connectivity index (χ4n) is 3.38. The summed E-state index contributed by atoms with van der Waals surface area (Å²) >= 11 is 1.68. The summed E-state index contributed by atoms with van der Waals surface area (Å²) in [5.41, 5.74) is 5.35. The molecule has 0 bridgehead atoms. The molecule has 5 heteroatoms. The molecule has 1 aliphatic rings. The van der Waals surface area contributed by atoms with E-state index in [1.807, 2.05) is 11.6 Å². The first kappa shape index (κ1) is 13.9. The highest BCUT2D eigenvalue weighted by molar-refractivity contribution is 7.07. The number of para-hydroxylation sites is 2. The lowest BCUT2D eigenvalue weighted by Crippen LogP contribution is -2.35. The number of imidazole rings is 1. The summed E-state index contributed by atoms with van der Waals surface area (Å²) in [6.07, 6.45) is 3.61. The number of H-pyrrole nitrogens is 1. The molecule has 4 nitrogen and oxygen atoms in total. The Morgan fingerprint density at radius 2 is 2.27 bits per heavy atom. The number of nitrogens with zero attached hydrogens (tertiary/aromatic N) is 3. The van der Waals surface area contributed by atoms with Crippen molar-refractivity contribution in [3.05, 3.63) is 46.7 Å². The zero-order valence-corrected chi connectivity index (χ0v) is 13.4. The van der Waals surface area contributed by atoms with Gasteiger partial charge in [0.15, 0.2) is 0 Å². The zero-order valence-electron chi connectivity index (χ0n) is 12.5. The maximum atomic E-state index is 4.72. The van der Waals surface area contributed by atoms with Crippen LogP contribution in [0.5, 0.6) is 0 Å². The number of benzene rings is 1. The summed E-state index contributed by atoms with van der Waals surface area (Å²) < 4.78 is 0. The summed E-state index contributed by atoms with van der Waals surface area (Å²) in [5, 5.41) is 2.16. The Labute approximate surface area is 134 Å². The predicted molar refractivity (Wildman–Crippen MR) is 89.9 cm³/mol. The molecule has 0 aliphatic carbocycles. The zero-order chi connectivity index (χ0) is 14.8. The summed E-state index contributed by atoms with van der Waals surface area (Å²) in [6, 6.07) is 8.27. The minimum absolute atomic E-state index is 0.688. The standard InChI is InChI=1S/C17H20N4S/c1-2-6-16-15(5-1)19-17(20-16)8-13-4-3-7-21(9-13)10-14-11-22-12-18-14/h1-2,5-6,11-13H,3-4,7-10H2,(H,19,20). The van der Waals surface area contributed by atoms with E-state index < -0.39 is 0 Å². The highest BCUT2D eigenvalue weighted by Gasteiger charge is 2.21. The third-order valence-corrected chi connectivity index (χ3v) is 5.03.